The maximum absolute atomic E-state index is 11.3. The van der Waals surface area contributed by atoms with Gasteiger partial charge in [0.2, 0.25) is 0 Å². The van der Waals surface area contributed by atoms with Crippen molar-refractivity contribution in [3.05, 3.63) is 38.4 Å². The molecule has 0 radical (unpaired) electrons. The molecule has 1 fully saturated rings. The van der Waals surface area contributed by atoms with Gasteiger partial charge in [-0.25, -0.2) is 0 Å². The lowest BCUT2D eigenvalue weighted by molar-refractivity contribution is -0.393. The van der Waals surface area contributed by atoms with Gasteiger partial charge >= 0.3 is 0 Å². The predicted octanol–water partition coefficient (Wildman–Crippen LogP) is 3.14. The van der Waals surface area contributed by atoms with E-state index in [1.807, 2.05) is 11.8 Å². The van der Waals surface area contributed by atoms with Crippen LogP contribution in [0, 0.1) is 25.6 Å². The van der Waals surface area contributed by atoms with E-state index >= 15 is 0 Å². The first-order chi connectivity index (χ1) is 10.7. The van der Waals surface area contributed by atoms with Gasteiger partial charge in [-0.15, -0.1) is 0 Å². The number of nitro groups is 2. The van der Waals surface area contributed by atoms with E-state index in [9.17, 15) is 20.2 Å². The summed E-state index contributed by atoms with van der Waals surface area (Å²) in [6.07, 6.45) is 0.878. The van der Waals surface area contributed by atoms with Crippen molar-refractivity contribution in [2.45, 2.75) is 39.3 Å². The van der Waals surface area contributed by atoms with E-state index in [0.29, 0.717) is 12.3 Å². The highest BCUT2D eigenvalue weighted by atomic mass is 16.6. The van der Waals surface area contributed by atoms with Gasteiger partial charge in [-0.2, -0.15) is 0 Å². The first kappa shape index (κ1) is 17.1. The zero-order chi connectivity index (χ0) is 17.4. The molecule has 1 aromatic carbocycles. The lowest BCUT2D eigenvalue weighted by atomic mass is 9.63. The summed E-state index contributed by atoms with van der Waals surface area (Å²) >= 11 is 0. The number of hydrogen-bond acceptors (Lipinski definition) is 6. The summed E-state index contributed by atoms with van der Waals surface area (Å²) in [6.45, 7) is 6.70. The molecule has 23 heavy (non-hydrogen) atoms. The molecule has 2 atom stereocenters. The molecule has 2 unspecified atom stereocenters. The third kappa shape index (κ3) is 2.98. The van der Waals surface area contributed by atoms with E-state index in [-0.39, 0.29) is 28.9 Å². The van der Waals surface area contributed by atoms with Gasteiger partial charge in [-0.1, -0.05) is 13.8 Å². The van der Waals surface area contributed by atoms with Gasteiger partial charge in [-0.05, 0) is 19.4 Å². The van der Waals surface area contributed by atoms with Crippen LogP contribution in [-0.2, 0) is 4.74 Å². The van der Waals surface area contributed by atoms with Gasteiger partial charge in [0, 0.05) is 31.2 Å². The number of nitro benzene ring substituents is 2. The van der Waals surface area contributed by atoms with Crippen LogP contribution in [0.3, 0.4) is 0 Å². The molecule has 0 amide bonds. The molecular formula is C15H21N3O5. The molecule has 126 valence electrons. The van der Waals surface area contributed by atoms with Crippen molar-refractivity contribution in [2.75, 3.05) is 18.6 Å². The molecule has 0 saturated heterocycles. The van der Waals surface area contributed by atoms with Crippen LogP contribution in [-0.4, -0.2) is 35.6 Å². The summed E-state index contributed by atoms with van der Waals surface area (Å²) in [5.74, 6) is 0. The first-order valence-electron chi connectivity index (χ1n) is 7.47. The predicted molar refractivity (Wildman–Crippen MR) is 85.8 cm³/mol. The Hall–Kier alpha value is -2.22. The van der Waals surface area contributed by atoms with Crippen molar-refractivity contribution in [3.63, 3.8) is 0 Å². The first-order valence-corrected chi connectivity index (χ1v) is 7.47. The summed E-state index contributed by atoms with van der Waals surface area (Å²) in [7, 11) is 1.78. The smallest absolute Gasteiger partial charge is 0.299 e. The summed E-state index contributed by atoms with van der Waals surface area (Å²) < 4.78 is 5.69. The largest absolute Gasteiger partial charge is 0.378 e. The average Bonchev–Trinajstić information content (AvgIpc) is 2.49. The van der Waals surface area contributed by atoms with E-state index in [1.165, 1.54) is 12.1 Å². The van der Waals surface area contributed by atoms with Crippen LogP contribution in [0.5, 0.6) is 0 Å². The number of benzene rings is 1. The minimum absolute atomic E-state index is 0.0687. The van der Waals surface area contributed by atoms with Crippen molar-refractivity contribution in [2.24, 2.45) is 5.41 Å². The van der Waals surface area contributed by atoms with Gasteiger partial charge in [0.15, 0.2) is 0 Å². The zero-order valence-corrected chi connectivity index (χ0v) is 13.7. The number of ether oxygens (including phenoxy) is 1. The maximum Gasteiger partial charge on any atom is 0.299 e. The minimum Gasteiger partial charge on any atom is -0.378 e. The van der Waals surface area contributed by atoms with E-state index < -0.39 is 9.85 Å². The van der Waals surface area contributed by atoms with Crippen LogP contribution in [0.4, 0.5) is 17.1 Å². The normalized spacial score (nSPS) is 22.3. The number of rotatable bonds is 6. The molecule has 1 saturated carbocycles. The summed E-state index contributed by atoms with van der Waals surface area (Å²) in [4.78, 5) is 22.7. The lowest BCUT2D eigenvalue weighted by Gasteiger charge is -2.55. The molecule has 0 N–H and O–H groups in total. The molecule has 1 aromatic rings. The molecule has 0 aliphatic heterocycles. The Balaban J connectivity index is 2.31. The molecule has 8 heteroatoms. The Morgan fingerprint density at radius 3 is 2.43 bits per heavy atom. The number of non-ortho nitro benzene ring substituents is 1. The lowest BCUT2D eigenvalue weighted by Crippen LogP contribution is -2.61. The number of anilines is 1. The maximum atomic E-state index is 11.3. The molecule has 1 aliphatic carbocycles. The fourth-order valence-electron chi connectivity index (χ4n) is 3.24. The van der Waals surface area contributed by atoms with Crippen molar-refractivity contribution >= 4 is 17.1 Å². The highest BCUT2D eigenvalue weighted by molar-refractivity contribution is 5.67. The van der Waals surface area contributed by atoms with Gasteiger partial charge in [0.1, 0.15) is 5.69 Å². The van der Waals surface area contributed by atoms with E-state index in [2.05, 4.69) is 13.8 Å². The van der Waals surface area contributed by atoms with Gasteiger partial charge in [0.05, 0.1) is 22.0 Å². The molecule has 0 bridgehead atoms. The molecule has 2 rings (SSSR count). The Bertz CT molecular complexity index is 632. The average molecular weight is 323 g/mol. The van der Waals surface area contributed by atoms with Crippen LogP contribution in [0.25, 0.3) is 0 Å². The van der Waals surface area contributed by atoms with E-state index in [0.717, 1.165) is 12.5 Å². The Morgan fingerprint density at radius 1 is 1.30 bits per heavy atom. The van der Waals surface area contributed by atoms with Crippen molar-refractivity contribution < 1.29 is 14.6 Å². The molecule has 8 nitrogen and oxygen atoms in total. The van der Waals surface area contributed by atoms with Crippen molar-refractivity contribution in [3.8, 4) is 0 Å². The van der Waals surface area contributed by atoms with Crippen LogP contribution in [0.2, 0.25) is 0 Å². The minimum atomic E-state index is -0.630. The summed E-state index contributed by atoms with van der Waals surface area (Å²) in [6, 6.07) is 3.82. The Kier molecular flexibility index (Phi) is 4.56. The fourth-order valence-corrected chi connectivity index (χ4v) is 3.24. The summed E-state index contributed by atoms with van der Waals surface area (Å²) in [5.41, 5.74) is -0.305. The third-order valence-corrected chi connectivity index (χ3v) is 4.71. The number of nitrogens with zero attached hydrogens (tertiary/aromatic N) is 3. The highest BCUT2D eigenvalue weighted by Gasteiger charge is 2.51. The molecule has 1 aliphatic rings. The quantitative estimate of drug-likeness (QED) is 0.589. The van der Waals surface area contributed by atoms with Gasteiger partial charge in [0.25, 0.3) is 11.4 Å². The van der Waals surface area contributed by atoms with E-state index in [1.54, 1.807) is 7.05 Å². The second kappa shape index (κ2) is 6.11. The SMILES string of the molecule is CCOC1CC(N(C)c2ccc([N+](=O)[O-])cc2[N+](=O)[O-])C1(C)C. The zero-order valence-electron chi connectivity index (χ0n) is 13.7. The standard InChI is InChI=1S/C15H21N3O5/c1-5-23-14-9-13(15(14,2)3)16(4)11-7-6-10(17(19)20)8-12(11)18(21)22/h6-8,13-14H,5,9H2,1-4H3. The van der Waals surface area contributed by atoms with E-state index in [4.69, 9.17) is 4.74 Å². The second-order valence-corrected chi connectivity index (χ2v) is 6.31. The third-order valence-electron chi connectivity index (χ3n) is 4.71. The van der Waals surface area contributed by atoms with Crippen molar-refractivity contribution in [1.29, 1.82) is 0 Å². The Morgan fingerprint density at radius 2 is 1.96 bits per heavy atom. The number of hydrogen-bond donors (Lipinski definition) is 0. The van der Waals surface area contributed by atoms with Crippen LogP contribution in [0.15, 0.2) is 18.2 Å². The van der Waals surface area contributed by atoms with Crippen LogP contribution >= 0.6 is 0 Å². The highest BCUT2D eigenvalue weighted by Crippen LogP contribution is 2.48. The van der Waals surface area contributed by atoms with Gasteiger partial charge in [-0.3, -0.25) is 20.2 Å². The molecule has 0 spiro atoms. The van der Waals surface area contributed by atoms with Gasteiger partial charge < -0.3 is 9.64 Å². The Labute approximate surface area is 134 Å². The fraction of sp³-hybridized carbons (Fsp3) is 0.600. The molecule has 0 heterocycles. The topological polar surface area (TPSA) is 98.8 Å². The molecular weight excluding hydrogens is 302 g/mol. The van der Waals surface area contributed by atoms with Crippen LogP contribution in [0.1, 0.15) is 27.2 Å². The second-order valence-electron chi connectivity index (χ2n) is 6.31. The van der Waals surface area contributed by atoms with Crippen molar-refractivity contribution in [1.82, 2.24) is 0 Å². The van der Waals surface area contributed by atoms with Crippen LogP contribution < -0.4 is 4.90 Å². The summed E-state index contributed by atoms with van der Waals surface area (Å²) in [5, 5.41) is 22.1. The molecule has 0 aromatic heterocycles. The monoisotopic (exact) mass is 323 g/mol.